The summed E-state index contributed by atoms with van der Waals surface area (Å²) in [5.74, 6) is 0.431. The van der Waals surface area contributed by atoms with Crippen molar-refractivity contribution in [2.45, 2.75) is 6.10 Å². The largest absolute Gasteiger partial charge is 0.471 e. The van der Waals surface area contributed by atoms with Crippen LogP contribution in [0.1, 0.15) is 15.9 Å². The topological polar surface area (TPSA) is 66.2 Å². The van der Waals surface area contributed by atoms with Crippen LogP contribution in [0, 0.1) is 11.3 Å². The predicted molar refractivity (Wildman–Crippen MR) is 75.7 cm³/mol. The van der Waals surface area contributed by atoms with Gasteiger partial charge in [-0.05, 0) is 18.2 Å². The Bertz CT molecular complexity index is 688. The van der Waals surface area contributed by atoms with Gasteiger partial charge >= 0.3 is 0 Å². The van der Waals surface area contributed by atoms with Gasteiger partial charge in [0.25, 0.3) is 5.91 Å². The first-order valence-corrected chi connectivity index (χ1v) is 6.63. The lowest BCUT2D eigenvalue weighted by Crippen LogP contribution is -2.56. The molecule has 5 heteroatoms. The Morgan fingerprint density at radius 3 is 2.76 bits per heavy atom. The van der Waals surface area contributed by atoms with E-state index in [9.17, 15) is 4.79 Å². The van der Waals surface area contributed by atoms with E-state index in [1.165, 1.54) is 0 Å². The number of ether oxygens (including phenoxy) is 1. The number of hydrogen-bond acceptors (Lipinski definition) is 4. The quantitative estimate of drug-likeness (QED) is 0.860. The van der Waals surface area contributed by atoms with E-state index >= 15 is 0 Å². The number of carbonyl (C=O) groups is 1. The lowest BCUT2D eigenvalue weighted by molar-refractivity contribution is 0.0160. The van der Waals surface area contributed by atoms with Crippen molar-refractivity contribution in [3.05, 3.63) is 59.8 Å². The number of hydrogen-bond donors (Lipinski definition) is 0. The van der Waals surface area contributed by atoms with Crippen molar-refractivity contribution in [2.75, 3.05) is 13.1 Å². The zero-order valence-corrected chi connectivity index (χ0v) is 11.3. The fraction of sp³-hybridized carbons (Fsp3) is 0.188. The Morgan fingerprint density at radius 2 is 2.05 bits per heavy atom. The Balaban J connectivity index is 1.56. The Hall–Kier alpha value is -2.87. The van der Waals surface area contributed by atoms with Gasteiger partial charge in [0.05, 0.1) is 24.7 Å². The Labute approximate surface area is 122 Å². The maximum Gasteiger partial charge on any atom is 0.254 e. The van der Waals surface area contributed by atoms with Crippen LogP contribution in [-0.4, -0.2) is 35.0 Å². The van der Waals surface area contributed by atoms with Crippen LogP contribution in [0.2, 0.25) is 0 Å². The average molecular weight is 279 g/mol. The van der Waals surface area contributed by atoms with E-state index in [2.05, 4.69) is 4.98 Å². The summed E-state index contributed by atoms with van der Waals surface area (Å²) in [7, 11) is 0. The lowest BCUT2D eigenvalue weighted by atomic mass is 10.1. The van der Waals surface area contributed by atoms with E-state index < -0.39 is 0 Å². The molecule has 2 heterocycles. The number of nitrogens with zero attached hydrogens (tertiary/aromatic N) is 3. The summed E-state index contributed by atoms with van der Waals surface area (Å²) in [5.41, 5.74) is 1.19. The SMILES string of the molecule is N#Cc1ccnc(OC2CN(C(=O)c3ccccc3)C2)c1. The van der Waals surface area contributed by atoms with Crippen molar-refractivity contribution in [3.8, 4) is 11.9 Å². The molecule has 0 aliphatic carbocycles. The number of nitriles is 1. The average Bonchev–Trinajstić information content (AvgIpc) is 2.51. The number of aromatic nitrogens is 1. The molecule has 0 bridgehead atoms. The third-order valence-corrected chi connectivity index (χ3v) is 3.31. The van der Waals surface area contributed by atoms with Crippen molar-refractivity contribution in [1.29, 1.82) is 5.26 Å². The molecule has 3 rings (SSSR count). The van der Waals surface area contributed by atoms with E-state index in [0.717, 1.165) is 0 Å². The van der Waals surface area contributed by atoms with E-state index in [-0.39, 0.29) is 12.0 Å². The first-order chi connectivity index (χ1) is 10.3. The summed E-state index contributed by atoms with van der Waals surface area (Å²) in [5, 5.41) is 8.82. The molecular formula is C16H13N3O2. The molecule has 0 spiro atoms. The molecule has 2 aromatic rings. The maximum atomic E-state index is 12.1. The molecule has 0 atom stereocenters. The van der Waals surface area contributed by atoms with Crippen LogP contribution in [0.5, 0.6) is 5.88 Å². The Kier molecular flexibility index (Phi) is 3.52. The Morgan fingerprint density at radius 1 is 1.29 bits per heavy atom. The van der Waals surface area contributed by atoms with Gasteiger partial charge in [-0.3, -0.25) is 4.79 Å². The number of carbonyl (C=O) groups excluding carboxylic acids is 1. The molecule has 0 unspecified atom stereocenters. The molecule has 1 fully saturated rings. The number of amides is 1. The van der Waals surface area contributed by atoms with E-state index in [1.807, 2.05) is 24.3 Å². The van der Waals surface area contributed by atoms with Crippen LogP contribution in [0.3, 0.4) is 0 Å². The van der Waals surface area contributed by atoms with Gasteiger partial charge < -0.3 is 9.64 Å². The van der Waals surface area contributed by atoms with Crippen molar-refractivity contribution < 1.29 is 9.53 Å². The van der Waals surface area contributed by atoms with Crippen LogP contribution >= 0.6 is 0 Å². The molecule has 1 aliphatic rings. The highest BCUT2D eigenvalue weighted by Gasteiger charge is 2.32. The van der Waals surface area contributed by atoms with Gasteiger partial charge in [-0.1, -0.05) is 18.2 Å². The molecule has 104 valence electrons. The van der Waals surface area contributed by atoms with E-state index in [4.69, 9.17) is 10.00 Å². The minimum Gasteiger partial charge on any atom is -0.471 e. The van der Waals surface area contributed by atoms with Gasteiger partial charge in [-0.25, -0.2) is 4.98 Å². The molecule has 1 aliphatic heterocycles. The number of likely N-dealkylation sites (tertiary alicyclic amines) is 1. The second-order valence-corrected chi connectivity index (χ2v) is 4.81. The number of benzene rings is 1. The molecule has 5 nitrogen and oxygen atoms in total. The van der Waals surface area contributed by atoms with Gasteiger partial charge in [0.15, 0.2) is 0 Å². The number of pyridine rings is 1. The lowest BCUT2D eigenvalue weighted by Gasteiger charge is -2.38. The van der Waals surface area contributed by atoms with Gasteiger partial charge in [-0.15, -0.1) is 0 Å². The monoisotopic (exact) mass is 279 g/mol. The highest BCUT2D eigenvalue weighted by molar-refractivity contribution is 5.94. The van der Waals surface area contributed by atoms with Crippen molar-refractivity contribution in [3.63, 3.8) is 0 Å². The summed E-state index contributed by atoms with van der Waals surface area (Å²) < 4.78 is 5.65. The molecule has 1 aromatic carbocycles. The first kappa shape index (κ1) is 13.1. The molecule has 0 saturated carbocycles. The van der Waals surface area contributed by atoms with Gasteiger partial charge in [0.1, 0.15) is 6.10 Å². The number of rotatable bonds is 3. The summed E-state index contributed by atoms with van der Waals surface area (Å²) >= 11 is 0. The van der Waals surface area contributed by atoms with Crippen LogP contribution in [0.25, 0.3) is 0 Å². The highest BCUT2D eigenvalue weighted by Crippen LogP contribution is 2.19. The molecule has 1 saturated heterocycles. The first-order valence-electron chi connectivity index (χ1n) is 6.63. The molecule has 0 radical (unpaired) electrons. The maximum absolute atomic E-state index is 12.1. The third-order valence-electron chi connectivity index (χ3n) is 3.31. The van der Waals surface area contributed by atoms with Gasteiger partial charge in [-0.2, -0.15) is 5.26 Å². The minimum absolute atomic E-state index is 0.00850. The zero-order chi connectivity index (χ0) is 14.7. The van der Waals surface area contributed by atoms with Crippen LogP contribution in [-0.2, 0) is 0 Å². The smallest absolute Gasteiger partial charge is 0.254 e. The predicted octanol–water partition coefficient (Wildman–Crippen LogP) is 1.86. The summed E-state index contributed by atoms with van der Waals surface area (Å²) in [6.45, 7) is 1.07. The normalized spacial score (nSPS) is 14.1. The standard InChI is InChI=1S/C16H13N3O2/c17-9-12-6-7-18-15(8-12)21-14-10-19(11-14)16(20)13-4-2-1-3-5-13/h1-8,14H,10-11H2. The fourth-order valence-corrected chi connectivity index (χ4v) is 2.16. The zero-order valence-electron chi connectivity index (χ0n) is 11.3. The van der Waals surface area contributed by atoms with E-state index in [0.29, 0.717) is 30.1 Å². The third kappa shape index (κ3) is 2.84. The van der Waals surface area contributed by atoms with E-state index in [1.54, 1.807) is 35.4 Å². The van der Waals surface area contributed by atoms with Crippen molar-refractivity contribution in [2.24, 2.45) is 0 Å². The van der Waals surface area contributed by atoms with Gasteiger partial charge in [0, 0.05) is 17.8 Å². The van der Waals surface area contributed by atoms with Gasteiger partial charge in [0.2, 0.25) is 5.88 Å². The molecular weight excluding hydrogens is 266 g/mol. The van der Waals surface area contributed by atoms with Crippen LogP contribution in [0.15, 0.2) is 48.7 Å². The van der Waals surface area contributed by atoms with Crippen molar-refractivity contribution in [1.82, 2.24) is 9.88 Å². The summed E-state index contributed by atoms with van der Waals surface area (Å²) in [6, 6.07) is 14.4. The van der Waals surface area contributed by atoms with Crippen LogP contribution < -0.4 is 4.74 Å². The second kappa shape index (κ2) is 5.63. The fourth-order valence-electron chi connectivity index (χ4n) is 2.16. The minimum atomic E-state index is -0.0703. The molecule has 21 heavy (non-hydrogen) atoms. The summed E-state index contributed by atoms with van der Waals surface area (Å²) in [6.07, 6.45) is 1.47. The van der Waals surface area contributed by atoms with Crippen LogP contribution in [0.4, 0.5) is 0 Å². The summed E-state index contributed by atoms with van der Waals surface area (Å²) in [4.78, 5) is 17.9. The second-order valence-electron chi connectivity index (χ2n) is 4.81. The molecule has 1 aromatic heterocycles. The molecule has 1 amide bonds. The van der Waals surface area contributed by atoms with Crippen molar-refractivity contribution >= 4 is 5.91 Å². The highest BCUT2D eigenvalue weighted by atomic mass is 16.5. The molecule has 0 N–H and O–H groups in total.